The fourth-order valence-corrected chi connectivity index (χ4v) is 1.30. The van der Waals surface area contributed by atoms with Crippen molar-refractivity contribution in [2.24, 2.45) is 0 Å². The fourth-order valence-electron chi connectivity index (χ4n) is 1.30. The van der Waals surface area contributed by atoms with Crippen molar-refractivity contribution in [1.29, 1.82) is 0 Å². The minimum absolute atomic E-state index is 0.192. The van der Waals surface area contributed by atoms with Crippen molar-refractivity contribution in [3.8, 4) is 0 Å². The SMILES string of the molecule is [2H]C([2H])([2H])C([2H])([2H])NC(CC)Cc1ccccc1. The van der Waals surface area contributed by atoms with E-state index in [0.29, 0.717) is 12.8 Å². The third-order valence-corrected chi connectivity index (χ3v) is 2.09. The zero-order chi connectivity index (χ0) is 13.8. The molecule has 1 aromatic rings. The third-order valence-electron chi connectivity index (χ3n) is 2.09. The number of benzene rings is 1. The molecule has 13 heavy (non-hydrogen) atoms. The zero-order valence-electron chi connectivity index (χ0n) is 12.9. The van der Waals surface area contributed by atoms with Crippen molar-refractivity contribution in [1.82, 2.24) is 5.32 Å². The molecule has 1 N–H and O–H groups in total. The summed E-state index contributed by atoms with van der Waals surface area (Å²) in [5.41, 5.74) is 1.07. The van der Waals surface area contributed by atoms with Crippen LogP contribution in [0.25, 0.3) is 0 Å². The summed E-state index contributed by atoms with van der Waals surface area (Å²) in [4.78, 5) is 0. The van der Waals surface area contributed by atoms with Crippen LogP contribution in [0.4, 0.5) is 0 Å². The standard InChI is InChI=1S/C12H19N/c1-3-12(13-4-2)10-11-8-6-5-7-9-11/h5-9,12-13H,3-4,10H2,1-2H3/i2D3,4D2. The molecule has 0 fully saturated rings. The largest absolute Gasteiger partial charge is 0.314 e. The maximum absolute atomic E-state index is 7.57. The van der Waals surface area contributed by atoms with Crippen LogP contribution in [0.1, 0.15) is 32.6 Å². The third kappa shape index (κ3) is 3.60. The molecule has 1 nitrogen and oxygen atoms in total. The monoisotopic (exact) mass is 182 g/mol. The molecule has 0 saturated heterocycles. The van der Waals surface area contributed by atoms with Gasteiger partial charge in [0.15, 0.2) is 0 Å². The summed E-state index contributed by atoms with van der Waals surface area (Å²) in [7, 11) is 0. The highest BCUT2D eigenvalue weighted by atomic mass is 14.9. The van der Waals surface area contributed by atoms with Crippen LogP contribution < -0.4 is 5.32 Å². The summed E-state index contributed by atoms with van der Waals surface area (Å²) in [5, 5.41) is 2.60. The Balaban J connectivity index is 2.69. The van der Waals surface area contributed by atoms with Gasteiger partial charge in [0.25, 0.3) is 0 Å². The molecule has 0 heterocycles. The highest BCUT2D eigenvalue weighted by molar-refractivity contribution is 5.15. The molecular formula is C12H19N. The van der Waals surface area contributed by atoms with E-state index in [1.807, 2.05) is 37.3 Å². The molecule has 72 valence electrons. The lowest BCUT2D eigenvalue weighted by atomic mass is 10.0. The maximum Gasteiger partial charge on any atom is 0.0425 e. The first-order chi connectivity index (χ1) is 8.26. The van der Waals surface area contributed by atoms with Gasteiger partial charge in [0.05, 0.1) is 0 Å². The molecule has 1 heteroatoms. The van der Waals surface area contributed by atoms with Crippen LogP contribution in [0.2, 0.25) is 0 Å². The van der Waals surface area contributed by atoms with E-state index in [4.69, 9.17) is 6.85 Å². The Labute approximate surface area is 88.2 Å². The molecule has 0 aliphatic carbocycles. The first-order valence-corrected chi connectivity index (χ1v) is 4.58. The topological polar surface area (TPSA) is 12.0 Å². The zero-order valence-corrected chi connectivity index (χ0v) is 7.88. The molecular weight excluding hydrogens is 158 g/mol. The molecule has 0 aromatic heterocycles. The van der Waals surface area contributed by atoms with E-state index in [9.17, 15) is 0 Å². The van der Waals surface area contributed by atoms with Gasteiger partial charge in [-0.25, -0.2) is 0 Å². The van der Waals surface area contributed by atoms with E-state index in [0.717, 1.165) is 5.56 Å². The second-order valence-electron chi connectivity index (χ2n) is 3.06. The van der Waals surface area contributed by atoms with Crippen molar-refractivity contribution >= 4 is 0 Å². The van der Waals surface area contributed by atoms with E-state index in [-0.39, 0.29) is 6.04 Å². The lowest BCUT2D eigenvalue weighted by molar-refractivity contribution is 0.510. The quantitative estimate of drug-likeness (QED) is 0.738. The smallest absolute Gasteiger partial charge is 0.0425 e. The van der Waals surface area contributed by atoms with E-state index >= 15 is 0 Å². The molecule has 0 saturated carbocycles. The van der Waals surface area contributed by atoms with Gasteiger partial charge in [-0.2, -0.15) is 0 Å². The van der Waals surface area contributed by atoms with Gasteiger partial charge in [-0.3, -0.25) is 0 Å². The molecule has 1 rings (SSSR count). The van der Waals surface area contributed by atoms with Crippen LogP contribution >= 0.6 is 0 Å². The van der Waals surface area contributed by atoms with Crippen LogP contribution in [0.15, 0.2) is 30.3 Å². The van der Waals surface area contributed by atoms with Gasteiger partial charge in [0.2, 0.25) is 0 Å². The Morgan fingerprint density at radius 2 is 2.23 bits per heavy atom. The first kappa shape index (κ1) is 5.16. The molecule has 0 radical (unpaired) electrons. The highest BCUT2D eigenvalue weighted by Gasteiger charge is 2.04. The fraction of sp³-hybridized carbons (Fsp3) is 0.500. The predicted molar refractivity (Wildman–Crippen MR) is 57.9 cm³/mol. The molecule has 1 aromatic carbocycles. The van der Waals surface area contributed by atoms with Gasteiger partial charge in [-0.05, 0) is 24.9 Å². The van der Waals surface area contributed by atoms with Crippen LogP contribution in [-0.4, -0.2) is 12.5 Å². The second kappa shape index (κ2) is 5.76. The van der Waals surface area contributed by atoms with Crippen molar-refractivity contribution in [2.75, 3.05) is 6.50 Å². The van der Waals surface area contributed by atoms with E-state index < -0.39 is 13.3 Å². The summed E-state index contributed by atoms with van der Waals surface area (Å²) in [6.45, 7) is -3.10. The average Bonchev–Trinajstić information content (AvgIpc) is 2.27. The summed E-state index contributed by atoms with van der Waals surface area (Å²) in [6, 6.07) is 9.47. The Hall–Kier alpha value is -0.820. The number of hydrogen-bond acceptors (Lipinski definition) is 1. The van der Waals surface area contributed by atoms with E-state index in [2.05, 4.69) is 5.32 Å². The highest BCUT2D eigenvalue weighted by Crippen LogP contribution is 2.04. The summed E-state index contributed by atoms with van der Waals surface area (Å²) >= 11 is 0. The number of likely N-dealkylation sites (N-methyl/N-ethyl adjacent to an activating group) is 1. The maximum atomic E-state index is 7.57. The molecule has 1 atom stereocenters. The predicted octanol–water partition coefficient (Wildman–Crippen LogP) is 2.62. The minimum Gasteiger partial charge on any atom is -0.314 e. The Morgan fingerprint density at radius 3 is 2.85 bits per heavy atom. The summed E-state index contributed by atoms with van der Waals surface area (Å²) < 4.78 is 36.7. The Morgan fingerprint density at radius 1 is 1.46 bits per heavy atom. The molecule has 0 spiro atoms. The lowest BCUT2D eigenvalue weighted by Crippen LogP contribution is -2.30. The van der Waals surface area contributed by atoms with Gasteiger partial charge in [0.1, 0.15) is 0 Å². The van der Waals surface area contributed by atoms with E-state index in [1.54, 1.807) is 0 Å². The second-order valence-corrected chi connectivity index (χ2v) is 3.06. The Bertz CT molecular complexity index is 360. The summed E-state index contributed by atoms with van der Waals surface area (Å²) in [5.74, 6) is 0. The van der Waals surface area contributed by atoms with Crippen molar-refractivity contribution < 1.29 is 6.85 Å². The molecule has 1 unspecified atom stereocenters. The summed E-state index contributed by atoms with van der Waals surface area (Å²) in [6.07, 6.45) is 1.29. The lowest BCUT2D eigenvalue weighted by Gasteiger charge is -2.15. The van der Waals surface area contributed by atoms with Crippen LogP contribution in [0.3, 0.4) is 0 Å². The van der Waals surface area contributed by atoms with Gasteiger partial charge < -0.3 is 5.32 Å². The van der Waals surface area contributed by atoms with Gasteiger partial charge in [0, 0.05) is 12.9 Å². The van der Waals surface area contributed by atoms with Crippen LogP contribution in [-0.2, 0) is 6.42 Å². The number of rotatable bonds is 5. The van der Waals surface area contributed by atoms with Crippen molar-refractivity contribution in [3.63, 3.8) is 0 Å². The van der Waals surface area contributed by atoms with Gasteiger partial charge in [-0.1, -0.05) is 44.1 Å². The normalized spacial score (nSPS) is 20.5. The molecule has 0 bridgehead atoms. The average molecular weight is 182 g/mol. The van der Waals surface area contributed by atoms with E-state index in [1.165, 1.54) is 0 Å². The molecule has 0 aliphatic rings. The van der Waals surface area contributed by atoms with Gasteiger partial charge in [-0.15, -0.1) is 0 Å². The first-order valence-electron chi connectivity index (χ1n) is 7.08. The Kier molecular flexibility index (Phi) is 2.29. The molecule has 0 aliphatic heterocycles. The number of nitrogens with one attached hydrogen (secondary N) is 1. The van der Waals surface area contributed by atoms with Crippen LogP contribution in [0, 0.1) is 0 Å². The minimum atomic E-state index is -2.66. The van der Waals surface area contributed by atoms with Gasteiger partial charge >= 0.3 is 0 Å². The van der Waals surface area contributed by atoms with Crippen molar-refractivity contribution in [3.05, 3.63) is 35.9 Å². The van der Waals surface area contributed by atoms with Crippen LogP contribution in [0.5, 0.6) is 0 Å². The van der Waals surface area contributed by atoms with Crippen molar-refractivity contribution in [2.45, 2.75) is 32.7 Å². The molecule has 0 amide bonds. The number of hydrogen-bond donors (Lipinski definition) is 1.